The first-order valence-corrected chi connectivity index (χ1v) is 6.83. The molecule has 3 nitrogen and oxygen atoms in total. The predicted octanol–water partition coefficient (Wildman–Crippen LogP) is 2.19. The molecule has 5 heteroatoms. The maximum Gasteiger partial charge on any atom is 0.311 e. The molecule has 0 aromatic rings. The molecule has 2 atom stereocenters. The Morgan fingerprint density at radius 3 is 3.00 bits per heavy atom. The number of thioether (sulfide) groups is 1. The second-order valence-corrected chi connectivity index (χ2v) is 5.64. The van der Waals surface area contributed by atoms with Crippen LogP contribution in [0.3, 0.4) is 0 Å². The van der Waals surface area contributed by atoms with Gasteiger partial charge in [0, 0.05) is 12.3 Å². The van der Waals surface area contributed by atoms with Crippen LogP contribution in [0.15, 0.2) is 0 Å². The normalized spacial score (nSPS) is 33.4. The van der Waals surface area contributed by atoms with E-state index < -0.39 is 0 Å². The molecule has 1 heterocycles. The van der Waals surface area contributed by atoms with Crippen LogP contribution < -0.4 is 5.32 Å². The summed E-state index contributed by atoms with van der Waals surface area (Å²) in [7, 11) is 0. The predicted molar refractivity (Wildman–Crippen MR) is 69.0 cm³/mol. The van der Waals surface area contributed by atoms with E-state index in [1.165, 1.54) is 6.42 Å². The molecule has 2 aliphatic rings. The average molecular weight is 266 g/mol. The van der Waals surface area contributed by atoms with E-state index in [2.05, 4.69) is 5.32 Å². The Hall–Kier alpha value is 0.0700. The van der Waals surface area contributed by atoms with E-state index in [9.17, 15) is 4.79 Å². The average Bonchev–Trinajstić information content (AvgIpc) is 2.68. The molecule has 2 fully saturated rings. The minimum Gasteiger partial charge on any atom is -0.466 e. The zero-order valence-corrected chi connectivity index (χ0v) is 11.3. The summed E-state index contributed by atoms with van der Waals surface area (Å²) in [5.41, 5.74) is 0. The van der Waals surface area contributed by atoms with Crippen LogP contribution in [-0.4, -0.2) is 29.7 Å². The topological polar surface area (TPSA) is 38.3 Å². The van der Waals surface area contributed by atoms with Crippen LogP contribution in [-0.2, 0) is 9.53 Å². The van der Waals surface area contributed by atoms with Crippen LogP contribution in [0.25, 0.3) is 0 Å². The molecule has 1 aliphatic heterocycles. The van der Waals surface area contributed by atoms with E-state index >= 15 is 0 Å². The van der Waals surface area contributed by atoms with Gasteiger partial charge in [-0.25, -0.2) is 0 Å². The first-order valence-electron chi connectivity index (χ1n) is 5.84. The van der Waals surface area contributed by atoms with E-state index in [1.54, 1.807) is 0 Å². The van der Waals surface area contributed by atoms with Gasteiger partial charge in [0.05, 0.1) is 17.4 Å². The number of rotatable bonds is 2. The molecule has 0 bridgehead atoms. The highest BCUT2D eigenvalue weighted by Crippen LogP contribution is 2.45. The van der Waals surface area contributed by atoms with Gasteiger partial charge in [0.25, 0.3) is 0 Å². The van der Waals surface area contributed by atoms with Gasteiger partial charge in [0.15, 0.2) is 0 Å². The van der Waals surface area contributed by atoms with E-state index in [1.807, 2.05) is 18.7 Å². The van der Waals surface area contributed by atoms with Crippen molar-refractivity contribution in [1.29, 1.82) is 0 Å². The Labute approximate surface area is 107 Å². The summed E-state index contributed by atoms with van der Waals surface area (Å²) in [5.74, 6) is 1.19. The zero-order valence-electron chi connectivity index (χ0n) is 9.66. The van der Waals surface area contributed by atoms with Crippen LogP contribution >= 0.6 is 24.2 Å². The minimum atomic E-state index is -0.000833. The van der Waals surface area contributed by atoms with Crippen molar-refractivity contribution in [3.63, 3.8) is 0 Å². The number of halogens is 1. The Morgan fingerprint density at radius 2 is 2.38 bits per heavy atom. The van der Waals surface area contributed by atoms with Crippen molar-refractivity contribution in [1.82, 2.24) is 5.32 Å². The molecule has 0 aromatic carbocycles. The van der Waals surface area contributed by atoms with Crippen molar-refractivity contribution in [2.45, 2.75) is 37.5 Å². The van der Waals surface area contributed by atoms with Crippen molar-refractivity contribution < 1.29 is 9.53 Å². The smallest absolute Gasteiger partial charge is 0.311 e. The summed E-state index contributed by atoms with van der Waals surface area (Å²) in [5, 5.41) is 3.52. The van der Waals surface area contributed by atoms with Crippen LogP contribution in [0, 0.1) is 5.92 Å². The highest BCUT2D eigenvalue weighted by molar-refractivity contribution is 8.00. The molecule has 0 amide bonds. The largest absolute Gasteiger partial charge is 0.466 e. The Bertz CT molecular complexity index is 244. The summed E-state index contributed by atoms with van der Waals surface area (Å²) >= 11 is 1.92. The van der Waals surface area contributed by atoms with Gasteiger partial charge in [0.2, 0.25) is 0 Å². The number of carbonyl (C=O) groups is 1. The van der Waals surface area contributed by atoms with Crippen LogP contribution in [0.5, 0.6) is 0 Å². The highest BCUT2D eigenvalue weighted by atomic mass is 35.5. The second kappa shape index (κ2) is 6.12. The third-order valence-corrected chi connectivity index (χ3v) is 4.87. The molecule has 2 rings (SSSR count). The van der Waals surface area contributed by atoms with Crippen molar-refractivity contribution in [2.75, 3.05) is 18.9 Å². The number of hydrogen-bond acceptors (Lipinski definition) is 4. The van der Waals surface area contributed by atoms with Gasteiger partial charge in [0.1, 0.15) is 0 Å². The number of esters is 1. The Morgan fingerprint density at radius 1 is 1.56 bits per heavy atom. The lowest BCUT2D eigenvalue weighted by Crippen LogP contribution is -2.50. The third-order valence-electron chi connectivity index (χ3n) is 3.31. The van der Waals surface area contributed by atoms with E-state index in [0.29, 0.717) is 6.61 Å². The zero-order chi connectivity index (χ0) is 10.7. The molecule has 94 valence electrons. The maximum absolute atomic E-state index is 11.9. The van der Waals surface area contributed by atoms with E-state index in [-0.39, 0.29) is 29.2 Å². The first-order chi connectivity index (χ1) is 7.28. The molecule has 0 radical (unpaired) electrons. The molecular formula is C11H20ClNO2S. The molecule has 1 saturated carbocycles. The summed E-state index contributed by atoms with van der Waals surface area (Å²) in [6.07, 6.45) is 4.49. The molecule has 0 aromatic heterocycles. The summed E-state index contributed by atoms with van der Waals surface area (Å²) < 4.78 is 5.18. The second-order valence-electron chi connectivity index (χ2n) is 4.22. The van der Waals surface area contributed by atoms with Gasteiger partial charge in [-0.2, -0.15) is 0 Å². The van der Waals surface area contributed by atoms with E-state index in [0.717, 1.165) is 31.6 Å². The van der Waals surface area contributed by atoms with Gasteiger partial charge < -0.3 is 10.1 Å². The fraction of sp³-hybridized carbons (Fsp3) is 0.909. The van der Waals surface area contributed by atoms with Crippen molar-refractivity contribution >= 4 is 30.1 Å². The molecule has 1 spiro atoms. The van der Waals surface area contributed by atoms with Crippen molar-refractivity contribution in [2.24, 2.45) is 5.92 Å². The van der Waals surface area contributed by atoms with Gasteiger partial charge in [-0.05, 0) is 19.8 Å². The molecule has 1 aliphatic carbocycles. The van der Waals surface area contributed by atoms with Crippen LogP contribution in [0.1, 0.15) is 32.6 Å². The van der Waals surface area contributed by atoms with Crippen LogP contribution in [0.2, 0.25) is 0 Å². The third kappa shape index (κ3) is 2.66. The Balaban J connectivity index is 0.00000128. The molecule has 16 heavy (non-hydrogen) atoms. The molecule has 1 saturated heterocycles. The fourth-order valence-electron chi connectivity index (χ4n) is 2.63. The Kier molecular flexibility index (Phi) is 5.41. The standard InChI is InChI=1S/C11H19NO2S.ClH/c1-2-14-10(13)9-5-3-4-6-11(9)12-7-8-15-11;/h9,12H,2-8H2,1H3;1H. The minimum absolute atomic E-state index is 0. The number of hydrogen-bond donors (Lipinski definition) is 1. The van der Waals surface area contributed by atoms with Gasteiger partial charge >= 0.3 is 5.97 Å². The quantitative estimate of drug-likeness (QED) is 0.777. The SMILES string of the molecule is CCOC(=O)C1CCCCC12NCCS2.Cl. The van der Waals surface area contributed by atoms with Gasteiger partial charge in [-0.15, -0.1) is 24.2 Å². The van der Waals surface area contributed by atoms with E-state index in [4.69, 9.17) is 4.74 Å². The highest BCUT2D eigenvalue weighted by Gasteiger charge is 2.47. The number of ether oxygens (including phenoxy) is 1. The molecule has 2 unspecified atom stereocenters. The summed E-state index contributed by atoms with van der Waals surface area (Å²) in [6.45, 7) is 3.40. The summed E-state index contributed by atoms with van der Waals surface area (Å²) in [4.78, 5) is 11.9. The lowest BCUT2D eigenvalue weighted by Gasteiger charge is -2.39. The van der Waals surface area contributed by atoms with Crippen molar-refractivity contribution in [3.05, 3.63) is 0 Å². The fourth-order valence-corrected chi connectivity index (χ4v) is 4.10. The van der Waals surface area contributed by atoms with Crippen LogP contribution in [0.4, 0.5) is 0 Å². The first kappa shape index (κ1) is 14.1. The van der Waals surface area contributed by atoms with Crippen molar-refractivity contribution in [3.8, 4) is 0 Å². The lowest BCUT2D eigenvalue weighted by molar-refractivity contribution is -0.150. The lowest BCUT2D eigenvalue weighted by atomic mass is 9.83. The molecule has 1 N–H and O–H groups in total. The monoisotopic (exact) mass is 265 g/mol. The molecular weight excluding hydrogens is 246 g/mol. The maximum atomic E-state index is 11.9. The van der Waals surface area contributed by atoms with Gasteiger partial charge in [-0.1, -0.05) is 12.8 Å². The number of carbonyl (C=O) groups excluding carboxylic acids is 1. The number of nitrogens with one attached hydrogen (secondary N) is 1. The van der Waals surface area contributed by atoms with Gasteiger partial charge in [-0.3, -0.25) is 4.79 Å². The summed E-state index contributed by atoms with van der Waals surface area (Å²) in [6, 6.07) is 0.